The minimum absolute atomic E-state index is 0.130. The Morgan fingerprint density at radius 1 is 1.29 bits per heavy atom. The molecule has 0 bridgehead atoms. The van der Waals surface area contributed by atoms with Gasteiger partial charge in [-0.3, -0.25) is 0 Å². The van der Waals surface area contributed by atoms with Crippen molar-refractivity contribution in [3.8, 4) is 0 Å². The molecule has 2 rings (SSSR count). The molecule has 17 heavy (non-hydrogen) atoms. The van der Waals surface area contributed by atoms with E-state index in [1.54, 1.807) is 24.3 Å². The van der Waals surface area contributed by atoms with Crippen LogP contribution in [0.3, 0.4) is 0 Å². The van der Waals surface area contributed by atoms with Crippen molar-refractivity contribution in [3.05, 3.63) is 47.5 Å². The predicted molar refractivity (Wildman–Crippen MR) is 62.5 cm³/mol. The number of aromatic nitrogens is 3. The Morgan fingerprint density at radius 3 is 2.53 bits per heavy atom. The van der Waals surface area contributed by atoms with Crippen LogP contribution in [0, 0.1) is 0 Å². The van der Waals surface area contributed by atoms with Gasteiger partial charge in [0, 0.05) is 5.02 Å². The number of aliphatic hydroxyl groups is 2. The summed E-state index contributed by atoms with van der Waals surface area (Å²) < 4.78 is 1.46. The van der Waals surface area contributed by atoms with Crippen molar-refractivity contribution in [2.45, 2.75) is 12.1 Å². The first-order chi connectivity index (χ1) is 8.14. The average molecular weight is 254 g/mol. The highest BCUT2D eigenvalue weighted by Gasteiger charge is 2.29. The van der Waals surface area contributed by atoms with Gasteiger partial charge >= 0.3 is 0 Å². The summed E-state index contributed by atoms with van der Waals surface area (Å²) in [6.07, 6.45) is 2.86. The zero-order chi connectivity index (χ0) is 12.3. The van der Waals surface area contributed by atoms with Crippen LogP contribution in [0.25, 0.3) is 0 Å². The maximum absolute atomic E-state index is 10.4. The van der Waals surface area contributed by atoms with Crippen LogP contribution in [0.2, 0.25) is 5.02 Å². The van der Waals surface area contributed by atoms with Gasteiger partial charge in [-0.05, 0) is 17.7 Å². The van der Waals surface area contributed by atoms with Crippen LogP contribution in [-0.2, 0) is 12.1 Å². The number of hydrogen-bond acceptors (Lipinski definition) is 4. The smallest absolute Gasteiger partial charge is 0.137 e. The summed E-state index contributed by atoms with van der Waals surface area (Å²) in [7, 11) is 0. The molecular formula is C11H12ClN3O2. The molecule has 2 N–H and O–H groups in total. The van der Waals surface area contributed by atoms with Crippen molar-refractivity contribution in [2.75, 3.05) is 6.61 Å². The Bertz CT molecular complexity index is 472. The molecule has 0 aliphatic rings. The molecule has 90 valence electrons. The van der Waals surface area contributed by atoms with Crippen molar-refractivity contribution in [1.82, 2.24) is 14.8 Å². The predicted octanol–water partition coefficient (Wildman–Crippen LogP) is 0.812. The molecule has 5 nitrogen and oxygen atoms in total. The fourth-order valence-corrected chi connectivity index (χ4v) is 1.70. The molecule has 1 atom stereocenters. The number of benzene rings is 1. The van der Waals surface area contributed by atoms with Crippen LogP contribution in [0.15, 0.2) is 36.9 Å². The average Bonchev–Trinajstić information content (AvgIpc) is 2.82. The van der Waals surface area contributed by atoms with Gasteiger partial charge in [0.25, 0.3) is 0 Å². The Labute approximate surface area is 103 Å². The number of aliphatic hydroxyl groups excluding tert-OH is 1. The van der Waals surface area contributed by atoms with Crippen LogP contribution < -0.4 is 0 Å². The van der Waals surface area contributed by atoms with Crippen LogP contribution in [-0.4, -0.2) is 31.6 Å². The van der Waals surface area contributed by atoms with E-state index in [0.29, 0.717) is 10.6 Å². The van der Waals surface area contributed by atoms with Gasteiger partial charge < -0.3 is 10.2 Å². The van der Waals surface area contributed by atoms with Gasteiger partial charge in [0.15, 0.2) is 0 Å². The summed E-state index contributed by atoms with van der Waals surface area (Å²) in [5, 5.41) is 24.2. The van der Waals surface area contributed by atoms with Gasteiger partial charge in [0.2, 0.25) is 0 Å². The fraction of sp³-hybridized carbons (Fsp3) is 0.273. The third kappa shape index (κ3) is 2.63. The molecule has 0 aliphatic carbocycles. The molecular weight excluding hydrogens is 242 g/mol. The van der Waals surface area contributed by atoms with E-state index in [-0.39, 0.29) is 6.54 Å². The molecule has 1 aromatic carbocycles. The summed E-state index contributed by atoms with van der Waals surface area (Å²) in [4.78, 5) is 3.79. The Balaban J connectivity index is 2.27. The van der Waals surface area contributed by atoms with E-state index in [2.05, 4.69) is 10.1 Å². The standard InChI is InChI=1S/C11H12ClN3O2/c12-10-3-1-9(2-4-10)11(17,6-16)5-15-8-13-7-14-15/h1-4,7-8,16-17H,5-6H2. The van der Waals surface area contributed by atoms with Gasteiger partial charge in [-0.25, -0.2) is 9.67 Å². The lowest BCUT2D eigenvalue weighted by Crippen LogP contribution is -2.35. The van der Waals surface area contributed by atoms with Gasteiger partial charge in [-0.15, -0.1) is 0 Å². The normalized spacial score (nSPS) is 14.5. The van der Waals surface area contributed by atoms with E-state index in [1.165, 1.54) is 17.3 Å². The van der Waals surface area contributed by atoms with Crippen LogP contribution in [0.1, 0.15) is 5.56 Å². The highest BCUT2D eigenvalue weighted by molar-refractivity contribution is 6.30. The first-order valence-corrected chi connectivity index (χ1v) is 5.43. The highest BCUT2D eigenvalue weighted by atomic mass is 35.5. The molecule has 1 aromatic heterocycles. The van der Waals surface area contributed by atoms with Crippen molar-refractivity contribution < 1.29 is 10.2 Å². The van der Waals surface area contributed by atoms with Crippen molar-refractivity contribution >= 4 is 11.6 Å². The summed E-state index contributed by atoms with van der Waals surface area (Å²) in [5.74, 6) is 0. The minimum atomic E-state index is -1.39. The fourth-order valence-electron chi connectivity index (χ4n) is 1.58. The van der Waals surface area contributed by atoms with Gasteiger partial charge in [-0.1, -0.05) is 23.7 Å². The van der Waals surface area contributed by atoms with E-state index in [0.717, 1.165) is 0 Å². The summed E-state index contributed by atoms with van der Waals surface area (Å²) in [6.45, 7) is -0.278. The zero-order valence-corrected chi connectivity index (χ0v) is 9.75. The van der Waals surface area contributed by atoms with E-state index in [1.807, 2.05) is 0 Å². The monoisotopic (exact) mass is 253 g/mol. The SMILES string of the molecule is OCC(O)(Cn1cncn1)c1ccc(Cl)cc1. The van der Waals surface area contributed by atoms with E-state index in [9.17, 15) is 10.2 Å². The van der Waals surface area contributed by atoms with Gasteiger partial charge in [0.05, 0.1) is 13.2 Å². The first-order valence-electron chi connectivity index (χ1n) is 5.06. The number of halogens is 1. The largest absolute Gasteiger partial charge is 0.393 e. The molecule has 0 saturated carbocycles. The highest BCUT2D eigenvalue weighted by Crippen LogP contribution is 2.24. The molecule has 0 spiro atoms. The Morgan fingerprint density at radius 2 is 2.00 bits per heavy atom. The number of hydrogen-bond donors (Lipinski definition) is 2. The number of rotatable bonds is 4. The van der Waals surface area contributed by atoms with Crippen LogP contribution >= 0.6 is 11.6 Å². The molecule has 6 heteroatoms. The quantitative estimate of drug-likeness (QED) is 0.846. The number of nitrogens with zero attached hydrogens (tertiary/aromatic N) is 3. The summed E-state index contributed by atoms with van der Waals surface area (Å²) >= 11 is 5.78. The van der Waals surface area contributed by atoms with E-state index >= 15 is 0 Å². The minimum Gasteiger partial charge on any atom is -0.393 e. The van der Waals surface area contributed by atoms with E-state index in [4.69, 9.17) is 11.6 Å². The van der Waals surface area contributed by atoms with Crippen LogP contribution in [0.4, 0.5) is 0 Å². The summed E-state index contributed by atoms with van der Waals surface area (Å²) in [6, 6.07) is 6.68. The van der Waals surface area contributed by atoms with Crippen molar-refractivity contribution in [2.24, 2.45) is 0 Å². The zero-order valence-electron chi connectivity index (χ0n) is 8.99. The maximum Gasteiger partial charge on any atom is 0.137 e. The lowest BCUT2D eigenvalue weighted by Gasteiger charge is -2.26. The molecule has 0 fully saturated rings. The second-order valence-electron chi connectivity index (χ2n) is 3.79. The topological polar surface area (TPSA) is 71.2 Å². The first kappa shape index (κ1) is 12.0. The molecule has 0 saturated heterocycles. The molecule has 0 radical (unpaired) electrons. The van der Waals surface area contributed by atoms with Gasteiger partial charge in [0.1, 0.15) is 18.3 Å². The molecule has 0 aliphatic heterocycles. The maximum atomic E-state index is 10.4. The molecule has 0 amide bonds. The second kappa shape index (κ2) is 4.83. The van der Waals surface area contributed by atoms with Gasteiger partial charge in [-0.2, -0.15) is 5.10 Å². The lowest BCUT2D eigenvalue weighted by atomic mass is 9.95. The Hall–Kier alpha value is -1.43. The van der Waals surface area contributed by atoms with E-state index < -0.39 is 12.2 Å². The molecule has 1 heterocycles. The second-order valence-corrected chi connectivity index (χ2v) is 4.23. The van der Waals surface area contributed by atoms with Crippen molar-refractivity contribution in [1.29, 1.82) is 0 Å². The van der Waals surface area contributed by atoms with Crippen LogP contribution in [0.5, 0.6) is 0 Å². The van der Waals surface area contributed by atoms with Crippen molar-refractivity contribution in [3.63, 3.8) is 0 Å². The third-order valence-corrected chi connectivity index (χ3v) is 2.79. The Kier molecular flexibility index (Phi) is 3.42. The molecule has 2 aromatic rings. The third-order valence-electron chi connectivity index (χ3n) is 2.53. The lowest BCUT2D eigenvalue weighted by molar-refractivity contribution is -0.0357. The molecule has 1 unspecified atom stereocenters. The summed E-state index contributed by atoms with van der Waals surface area (Å²) in [5.41, 5.74) is -0.807.